The van der Waals surface area contributed by atoms with E-state index < -0.39 is 0 Å². The number of piperidine rings is 3. The Morgan fingerprint density at radius 2 is 1.67 bits per heavy atom. The van der Waals surface area contributed by atoms with E-state index in [0.717, 1.165) is 38.8 Å². The van der Waals surface area contributed by atoms with Gasteiger partial charge in [-0.2, -0.15) is 0 Å². The zero-order chi connectivity index (χ0) is 16.8. The van der Waals surface area contributed by atoms with Crippen LogP contribution in [0, 0.1) is 17.8 Å². The summed E-state index contributed by atoms with van der Waals surface area (Å²) in [6.45, 7) is 4.40. The normalized spacial score (nSPS) is 40.8. The van der Waals surface area contributed by atoms with Crippen LogP contribution < -0.4 is 0 Å². The van der Waals surface area contributed by atoms with Crippen LogP contribution in [0.3, 0.4) is 0 Å². The van der Waals surface area contributed by atoms with Crippen LogP contribution in [0.4, 0.5) is 4.79 Å². The second kappa shape index (κ2) is 6.21. The van der Waals surface area contributed by atoms with Crippen molar-refractivity contribution in [1.82, 2.24) is 9.80 Å². The van der Waals surface area contributed by atoms with Gasteiger partial charge in [-0.3, -0.25) is 9.69 Å². The summed E-state index contributed by atoms with van der Waals surface area (Å²) in [6, 6.07) is 1.21. The second-order valence-corrected chi connectivity index (χ2v) is 7.80. The SMILES string of the molecule is CCOC(=O)C1[C@H]2CN(C3CC4CCCC(C3)N4C(=O)OC)C[C@@H]12. The van der Waals surface area contributed by atoms with E-state index in [0.29, 0.717) is 36.6 Å². The van der Waals surface area contributed by atoms with Crippen LogP contribution in [0.15, 0.2) is 0 Å². The minimum atomic E-state index is -0.158. The fourth-order valence-electron chi connectivity index (χ4n) is 5.50. The maximum Gasteiger partial charge on any atom is 0.409 e. The van der Waals surface area contributed by atoms with Crippen LogP contribution >= 0.6 is 0 Å². The highest BCUT2D eigenvalue weighted by molar-refractivity contribution is 5.77. The van der Waals surface area contributed by atoms with Gasteiger partial charge in [-0.15, -0.1) is 0 Å². The number of ether oxygens (including phenoxy) is 2. The third kappa shape index (κ3) is 2.59. The summed E-state index contributed by atoms with van der Waals surface area (Å²) >= 11 is 0. The van der Waals surface area contributed by atoms with Crippen molar-refractivity contribution in [2.24, 2.45) is 17.8 Å². The van der Waals surface area contributed by atoms with Crippen LogP contribution in [0.5, 0.6) is 0 Å². The van der Waals surface area contributed by atoms with Gasteiger partial charge in [0.15, 0.2) is 0 Å². The lowest BCUT2D eigenvalue weighted by atomic mass is 9.81. The second-order valence-electron chi connectivity index (χ2n) is 7.80. The van der Waals surface area contributed by atoms with Crippen molar-refractivity contribution < 1.29 is 19.1 Å². The van der Waals surface area contributed by atoms with E-state index >= 15 is 0 Å². The number of hydrogen-bond donors (Lipinski definition) is 0. The van der Waals surface area contributed by atoms with Gasteiger partial charge in [-0.25, -0.2) is 4.79 Å². The molecule has 0 aromatic rings. The first-order chi connectivity index (χ1) is 11.6. The molecule has 1 amide bonds. The van der Waals surface area contributed by atoms with Gasteiger partial charge in [0.05, 0.1) is 19.6 Å². The van der Waals surface area contributed by atoms with E-state index in [1.807, 2.05) is 11.8 Å². The Morgan fingerprint density at radius 1 is 1.04 bits per heavy atom. The summed E-state index contributed by atoms with van der Waals surface area (Å²) < 4.78 is 10.2. The highest BCUT2D eigenvalue weighted by Gasteiger charge is 2.61. The summed E-state index contributed by atoms with van der Waals surface area (Å²) in [6.07, 6.45) is 5.34. The maximum absolute atomic E-state index is 12.1. The molecule has 6 heteroatoms. The fraction of sp³-hybridized carbons (Fsp3) is 0.889. The standard InChI is InChI=1S/C18H28N2O4/c1-3-24-17(21)16-14-9-19(10-15(14)16)13-7-11-5-4-6-12(8-13)20(11)18(22)23-2/h11-16H,3-10H2,1-2H3/t11?,12?,13?,14-,15+,16?. The minimum Gasteiger partial charge on any atom is -0.466 e. The number of methoxy groups -OCH3 is 1. The predicted molar refractivity (Wildman–Crippen MR) is 87.4 cm³/mol. The lowest BCUT2D eigenvalue weighted by Crippen LogP contribution is -2.58. The van der Waals surface area contributed by atoms with Crippen LogP contribution in [0.1, 0.15) is 39.0 Å². The molecule has 24 heavy (non-hydrogen) atoms. The van der Waals surface area contributed by atoms with E-state index in [4.69, 9.17) is 9.47 Å². The van der Waals surface area contributed by atoms with Crippen molar-refractivity contribution >= 4 is 12.1 Å². The van der Waals surface area contributed by atoms with Crippen LogP contribution in [0.2, 0.25) is 0 Å². The molecular formula is C18H28N2O4. The smallest absolute Gasteiger partial charge is 0.409 e. The molecule has 2 bridgehead atoms. The lowest BCUT2D eigenvalue weighted by molar-refractivity contribution is -0.145. The molecule has 3 heterocycles. The fourth-order valence-corrected chi connectivity index (χ4v) is 5.50. The Bertz CT molecular complexity index is 499. The zero-order valence-electron chi connectivity index (χ0n) is 14.6. The molecule has 0 spiro atoms. The molecule has 4 aliphatic rings. The molecule has 6 nitrogen and oxygen atoms in total. The average molecular weight is 336 g/mol. The van der Waals surface area contributed by atoms with Crippen molar-refractivity contribution in [3.05, 3.63) is 0 Å². The zero-order valence-corrected chi connectivity index (χ0v) is 14.6. The molecule has 4 fully saturated rings. The molecule has 3 unspecified atom stereocenters. The van der Waals surface area contributed by atoms with E-state index in [-0.39, 0.29) is 18.0 Å². The number of likely N-dealkylation sites (tertiary alicyclic amines) is 1. The van der Waals surface area contributed by atoms with Gasteiger partial charge >= 0.3 is 12.1 Å². The number of fused-ring (bicyclic) bond motifs is 3. The van der Waals surface area contributed by atoms with E-state index in [2.05, 4.69) is 4.90 Å². The number of esters is 1. The molecule has 1 saturated carbocycles. The first-order valence-electron chi connectivity index (χ1n) is 9.41. The quantitative estimate of drug-likeness (QED) is 0.737. The number of rotatable bonds is 3. The number of nitrogens with zero attached hydrogens (tertiary/aromatic N) is 2. The average Bonchev–Trinajstić information content (AvgIpc) is 3.07. The predicted octanol–water partition coefficient (Wildman–Crippen LogP) is 1.88. The highest BCUT2D eigenvalue weighted by atomic mass is 16.5. The highest BCUT2D eigenvalue weighted by Crippen LogP contribution is 2.53. The van der Waals surface area contributed by atoms with E-state index in [1.54, 1.807) is 0 Å². The van der Waals surface area contributed by atoms with Crippen molar-refractivity contribution in [2.45, 2.75) is 57.2 Å². The van der Waals surface area contributed by atoms with Gasteiger partial charge < -0.3 is 14.4 Å². The number of carbonyl (C=O) groups is 2. The van der Waals surface area contributed by atoms with Gasteiger partial charge in [0.25, 0.3) is 0 Å². The molecule has 1 aliphatic carbocycles. The van der Waals surface area contributed by atoms with Crippen molar-refractivity contribution in [2.75, 3.05) is 26.8 Å². The van der Waals surface area contributed by atoms with Crippen LogP contribution in [-0.4, -0.2) is 66.8 Å². The Hall–Kier alpha value is -1.30. The molecular weight excluding hydrogens is 308 g/mol. The minimum absolute atomic E-state index is 0.00419. The van der Waals surface area contributed by atoms with Gasteiger partial charge in [0.1, 0.15) is 0 Å². The van der Waals surface area contributed by atoms with Crippen molar-refractivity contribution in [3.8, 4) is 0 Å². The van der Waals surface area contributed by atoms with Gasteiger partial charge in [0, 0.05) is 31.2 Å². The molecule has 4 rings (SSSR count). The molecule has 0 aromatic carbocycles. The summed E-state index contributed by atoms with van der Waals surface area (Å²) in [5.74, 6) is 1.16. The topological polar surface area (TPSA) is 59.1 Å². The summed E-state index contributed by atoms with van der Waals surface area (Å²) in [7, 11) is 1.48. The summed E-state index contributed by atoms with van der Waals surface area (Å²) in [5.41, 5.74) is 0. The maximum atomic E-state index is 12.1. The summed E-state index contributed by atoms with van der Waals surface area (Å²) in [4.78, 5) is 28.6. The van der Waals surface area contributed by atoms with Crippen molar-refractivity contribution in [3.63, 3.8) is 0 Å². The third-order valence-corrected chi connectivity index (χ3v) is 6.63. The summed E-state index contributed by atoms with van der Waals surface area (Å²) in [5, 5.41) is 0. The van der Waals surface area contributed by atoms with E-state index in [1.165, 1.54) is 13.5 Å². The van der Waals surface area contributed by atoms with Crippen molar-refractivity contribution in [1.29, 1.82) is 0 Å². The number of hydrogen-bond acceptors (Lipinski definition) is 5. The number of carbonyl (C=O) groups excluding carboxylic acids is 2. The molecule has 3 saturated heterocycles. The Morgan fingerprint density at radius 3 is 2.21 bits per heavy atom. The third-order valence-electron chi connectivity index (χ3n) is 6.63. The largest absolute Gasteiger partial charge is 0.466 e. The van der Waals surface area contributed by atoms with Gasteiger partial charge in [-0.05, 0) is 50.9 Å². The van der Waals surface area contributed by atoms with E-state index in [9.17, 15) is 9.59 Å². The molecule has 3 aliphatic heterocycles. The van der Waals surface area contributed by atoms with Crippen LogP contribution in [0.25, 0.3) is 0 Å². The Labute approximate surface area is 143 Å². The Kier molecular flexibility index (Phi) is 4.19. The number of amides is 1. The monoisotopic (exact) mass is 336 g/mol. The molecule has 0 radical (unpaired) electrons. The first-order valence-corrected chi connectivity index (χ1v) is 9.41. The lowest BCUT2D eigenvalue weighted by Gasteiger charge is -2.50. The van der Waals surface area contributed by atoms with Crippen LogP contribution in [-0.2, 0) is 14.3 Å². The molecule has 134 valence electrons. The molecule has 0 aromatic heterocycles. The van der Waals surface area contributed by atoms with Gasteiger partial charge in [-0.1, -0.05) is 0 Å². The molecule has 5 atom stereocenters. The molecule has 0 N–H and O–H groups in total. The Balaban J connectivity index is 1.35. The van der Waals surface area contributed by atoms with Gasteiger partial charge in [0.2, 0.25) is 0 Å². The first kappa shape index (κ1) is 16.2.